The fourth-order valence-electron chi connectivity index (χ4n) is 1.30. The van der Waals surface area contributed by atoms with E-state index in [1.165, 1.54) is 0 Å². The number of rotatable bonds is 3. The van der Waals surface area contributed by atoms with Crippen molar-refractivity contribution in [3.63, 3.8) is 0 Å². The van der Waals surface area contributed by atoms with Crippen LogP contribution in [-0.4, -0.2) is 4.98 Å². The van der Waals surface area contributed by atoms with Crippen LogP contribution in [0.2, 0.25) is 10.2 Å². The number of benzene rings is 1. The molecule has 0 unspecified atom stereocenters. The Kier molecular flexibility index (Phi) is 4.15. The van der Waals surface area contributed by atoms with E-state index in [9.17, 15) is 0 Å². The summed E-state index contributed by atoms with van der Waals surface area (Å²) in [7, 11) is 0. The molecule has 0 aliphatic rings. The molecule has 2 nitrogen and oxygen atoms in total. The summed E-state index contributed by atoms with van der Waals surface area (Å²) in [5.41, 5.74) is 7.38. The molecule has 0 atom stereocenters. The standard InChI is InChI=1S/C12H10Cl2N2S/c13-10-6-9(1-2-11(10)15)17-7-8-3-4-16-12(14)5-8/h1-6H,7,15H2. The second-order valence-electron chi connectivity index (χ2n) is 3.46. The van der Waals surface area contributed by atoms with Gasteiger partial charge in [-0.15, -0.1) is 11.8 Å². The first-order chi connectivity index (χ1) is 8.15. The largest absolute Gasteiger partial charge is 0.398 e. The third kappa shape index (κ3) is 3.53. The minimum absolute atomic E-state index is 0.512. The van der Waals surface area contributed by atoms with Crippen molar-refractivity contribution in [2.75, 3.05) is 5.73 Å². The number of thioether (sulfide) groups is 1. The smallest absolute Gasteiger partial charge is 0.129 e. The summed E-state index contributed by atoms with van der Waals surface area (Å²) in [6.07, 6.45) is 1.70. The van der Waals surface area contributed by atoms with E-state index < -0.39 is 0 Å². The number of pyridine rings is 1. The van der Waals surface area contributed by atoms with Gasteiger partial charge >= 0.3 is 0 Å². The summed E-state index contributed by atoms with van der Waals surface area (Å²) >= 11 is 13.4. The molecule has 5 heteroatoms. The summed E-state index contributed by atoms with van der Waals surface area (Å²) in [5, 5.41) is 1.10. The molecule has 0 amide bonds. The predicted octanol–water partition coefficient (Wildman–Crippen LogP) is 4.26. The molecule has 1 heterocycles. The Hall–Kier alpha value is -0.900. The number of nitrogens with two attached hydrogens (primary N) is 1. The molecular weight excluding hydrogens is 275 g/mol. The van der Waals surface area contributed by atoms with E-state index in [4.69, 9.17) is 28.9 Å². The normalized spacial score (nSPS) is 10.5. The van der Waals surface area contributed by atoms with Crippen molar-refractivity contribution in [1.29, 1.82) is 0 Å². The molecule has 2 N–H and O–H groups in total. The third-order valence-electron chi connectivity index (χ3n) is 2.17. The average molecular weight is 285 g/mol. The van der Waals surface area contributed by atoms with Gasteiger partial charge in [0.1, 0.15) is 5.15 Å². The van der Waals surface area contributed by atoms with Gasteiger partial charge in [0, 0.05) is 16.8 Å². The van der Waals surface area contributed by atoms with Crippen molar-refractivity contribution >= 4 is 40.7 Å². The quantitative estimate of drug-likeness (QED) is 0.520. The fourth-order valence-corrected chi connectivity index (χ4v) is 2.62. The summed E-state index contributed by atoms with van der Waals surface area (Å²) in [6, 6.07) is 9.43. The maximum absolute atomic E-state index is 5.95. The highest BCUT2D eigenvalue weighted by molar-refractivity contribution is 7.98. The van der Waals surface area contributed by atoms with Gasteiger partial charge < -0.3 is 5.73 Å². The molecule has 2 aromatic rings. The predicted molar refractivity (Wildman–Crippen MR) is 74.7 cm³/mol. The summed E-state index contributed by atoms with van der Waals surface area (Å²) in [5.74, 6) is 0.822. The van der Waals surface area contributed by atoms with Crippen molar-refractivity contribution in [2.45, 2.75) is 10.6 Å². The Bertz CT molecular complexity index is 532. The average Bonchev–Trinajstić information content (AvgIpc) is 2.31. The molecule has 0 aliphatic heterocycles. The van der Waals surface area contributed by atoms with E-state index in [1.54, 1.807) is 18.0 Å². The molecule has 0 aliphatic carbocycles. The first-order valence-corrected chi connectivity index (χ1v) is 6.67. The first-order valence-electron chi connectivity index (χ1n) is 4.93. The molecule has 17 heavy (non-hydrogen) atoms. The molecule has 88 valence electrons. The zero-order valence-electron chi connectivity index (χ0n) is 8.86. The van der Waals surface area contributed by atoms with Crippen LogP contribution in [0.3, 0.4) is 0 Å². The summed E-state index contributed by atoms with van der Waals surface area (Å²) in [6.45, 7) is 0. The third-order valence-corrected chi connectivity index (χ3v) is 3.77. The Labute approximate surface area is 114 Å². The monoisotopic (exact) mass is 284 g/mol. The van der Waals surface area contributed by atoms with Crippen LogP contribution in [0.25, 0.3) is 0 Å². The Morgan fingerprint density at radius 1 is 1.18 bits per heavy atom. The molecule has 2 rings (SSSR count). The van der Waals surface area contributed by atoms with Gasteiger partial charge in [-0.1, -0.05) is 23.2 Å². The van der Waals surface area contributed by atoms with Crippen LogP contribution in [-0.2, 0) is 5.75 Å². The minimum atomic E-state index is 0.512. The number of anilines is 1. The lowest BCUT2D eigenvalue weighted by Gasteiger charge is -2.04. The van der Waals surface area contributed by atoms with Gasteiger partial charge in [0.15, 0.2) is 0 Å². The highest BCUT2D eigenvalue weighted by atomic mass is 35.5. The number of hydrogen-bond acceptors (Lipinski definition) is 3. The van der Waals surface area contributed by atoms with Gasteiger partial charge in [0.05, 0.1) is 10.7 Å². The van der Waals surface area contributed by atoms with E-state index in [0.29, 0.717) is 15.9 Å². The lowest BCUT2D eigenvalue weighted by Crippen LogP contribution is -1.86. The van der Waals surface area contributed by atoms with Gasteiger partial charge in [-0.2, -0.15) is 0 Å². The molecule has 0 radical (unpaired) electrons. The zero-order chi connectivity index (χ0) is 12.3. The Morgan fingerprint density at radius 3 is 2.71 bits per heavy atom. The molecule has 0 fully saturated rings. The van der Waals surface area contributed by atoms with Crippen LogP contribution in [0, 0.1) is 0 Å². The summed E-state index contributed by atoms with van der Waals surface area (Å²) < 4.78 is 0. The Morgan fingerprint density at radius 2 is 2.00 bits per heavy atom. The van der Waals surface area contributed by atoms with Crippen molar-refractivity contribution < 1.29 is 0 Å². The van der Waals surface area contributed by atoms with Gasteiger partial charge in [0.2, 0.25) is 0 Å². The van der Waals surface area contributed by atoms with Crippen molar-refractivity contribution in [2.24, 2.45) is 0 Å². The molecule has 0 saturated heterocycles. The van der Waals surface area contributed by atoms with Crippen molar-refractivity contribution in [1.82, 2.24) is 4.98 Å². The molecule has 0 bridgehead atoms. The second-order valence-corrected chi connectivity index (χ2v) is 5.30. The Balaban J connectivity index is 2.05. The highest BCUT2D eigenvalue weighted by Gasteiger charge is 2.01. The molecule has 1 aromatic carbocycles. The van der Waals surface area contributed by atoms with E-state index in [-0.39, 0.29) is 0 Å². The van der Waals surface area contributed by atoms with Crippen LogP contribution >= 0.6 is 35.0 Å². The summed E-state index contributed by atoms with van der Waals surface area (Å²) in [4.78, 5) is 5.02. The SMILES string of the molecule is Nc1ccc(SCc2ccnc(Cl)c2)cc1Cl. The van der Waals surface area contributed by atoms with E-state index >= 15 is 0 Å². The lowest BCUT2D eigenvalue weighted by atomic mass is 10.3. The van der Waals surface area contributed by atoms with Crippen molar-refractivity contribution in [3.8, 4) is 0 Å². The number of aromatic nitrogens is 1. The van der Waals surface area contributed by atoms with Crippen LogP contribution < -0.4 is 5.73 Å². The molecular formula is C12H10Cl2N2S. The molecule has 0 saturated carbocycles. The highest BCUT2D eigenvalue weighted by Crippen LogP contribution is 2.28. The molecule has 0 spiro atoms. The maximum Gasteiger partial charge on any atom is 0.129 e. The van der Waals surface area contributed by atoms with Crippen molar-refractivity contribution in [3.05, 3.63) is 52.3 Å². The fraction of sp³-hybridized carbons (Fsp3) is 0.0833. The number of nitrogens with zero attached hydrogens (tertiary/aromatic N) is 1. The van der Waals surface area contributed by atoms with E-state index in [1.807, 2.05) is 30.3 Å². The van der Waals surface area contributed by atoms with Crippen LogP contribution in [0.15, 0.2) is 41.4 Å². The van der Waals surface area contributed by atoms with Gasteiger partial charge in [-0.3, -0.25) is 0 Å². The van der Waals surface area contributed by atoms with Crippen LogP contribution in [0.1, 0.15) is 5.56 Å². The second kappa shape index (κ2) is 5.63. The maximum atomic E-state index is 5.95. The van der Waals surface area contributed by atoms with Gasteiger partial charge in [-0.05, 0) is 35.9 Å². The topological polar surface area (TPSA) is 38.9 Å². The van der Waals surface area contributed by atoms with Crippen LogP contribution in [0.4, 0.5) is 5.69 Å². The lowest BCUT2D eigenvalue weighted by molar-refractivity contribution is 1.27. The number of nitrogen functional groups attached to an aromatic ring is 1. The van der Waals surface area contributed by atoms with Gasteiger partial charge in [-0.25, -0.2) is 4.98 Å². The van der Waals surface area contributed by atoms with Gasteiger partial charge in [0.25, 0.3) is 0 Å². The first kappa shape index (κ1) is 12.6. The van der Waals surface area contributed by atoms with E-state index in [0.717, 1.165) is 16.2 Å². The minimum Gasteiger partial charge on any atom is -0.398 e. The number of hydrogen-bond donors (Lipinski definition) is 1. The molecule has 1 aromatic heterocycles. The van der Waals surface area contributed by atoms with Crippen LogP contribution in [0.5, 0.6) is 0 Å². The number of halogens is 2. The zero-order valence-corrected chi connectivity index (χ0v) is 11.2. The van der Waals surface area contributed by atoms with E-state index in [2.05, 4.69) is 4.98 Å².